The van der Waals surface area contributed by atoms with Crippen LogP contribution in [-0.2, 0) is 24.8 Å². The third-order valence-electron chi connectivity index (χ3n) is 5.90. The summed E-state index contributed by atoms with van der Waals surface area (Å²) in [5.41, 5.74) is 1.47. The lowest BCUT2D eigenvalue weighted by Gasteiger charge is -2.24. The molecule has 0 aliphatic carbocycles. The Kier molecular flexibility index (Phi) is 8.79. The molecule has 0 spiro atoms. The predicted octanol–water partition coefficient (Wildman–Crippen LogP) is 4.04. The first-order valence-corrected chi connectivity index (χ1v) is 15.1. The van der Waals surface area contributed by atoms with Gasteiger partial charge in [-0.05, 0) is 67.6 Å². The molecule has 1 aromatic heterocycles. The first kappa shape index (κ1) is 29.4. The Hall–Kier alpha value is -4.62. The van der Waals surface area contributed by atoms with Crippen molar-refractivity contribution in [3.63, 3.8) is 0 Å². The van der Waals surface area contributed by atoms with E-state index >= 15 is 0 Å². The molecule has 0 aliphatic heterocycles. The molecule has 214 valence electrons. The maximum Gasteiger partial charge on any atom is 0.264 e. The van der Waals surface area contributed by atoms with Gasteiger partial charge in [0, 0.05) is 18.0 Å². The van der Waals surface area contributed by atoms with E-state index in [1.165, 1.54) is 68.9 Å². The number of amides is 1. The SMILES string of the molecule is COc1ccc(S(=O)(=O)N(CC(=O)Nc2ccc(S(=O)(=O)Nc3ccccn3)cc2)c2ccc(C)cc2)cc1OC. The van der Waals surface area contributed by atoms with Gasteiger partial charge in [0.1, 0.15) is 12.4 Å². The van der Waals surface area contributed by atoms with E-state index in [-0.39, 0.29) is 32.7 Å². The Morgan fingerprint density at radius 1 is 0.829 bits per heavy atom. The highest BCUT2D eigenvalue weighted by atomic mass is 32.2. The van der Waals surface area contributed by atoms with Crippen molar-refractivity contribution in [2.45, 2.75) is 16.7 Å². The third-order valence-corrected chi connectivity index (χ3v) is 9.04. The van der Waals surface area contributed by atoms with Gasteiger partial charge < -0.3 is 14.8 Å². The van der Waals surface area contributed by atoms with Crippen molar-refractivity contribution in [3.8, 4) is 11.5 Å². The number of carbonyl (C=O) groups excluding carboxylic acids is 1. The van der Waals surface area contributed by atoms with Crippen LogP contribution in [0.1, 0.15) is 5.56 Å². The molecule has 13 heteroatoms. The molecule has 0 saturated carbocycles. The fraction of sp³-hybridized carbons (Fsp3) is 0.143. The van der Waals surface area contributed by atoms with Crippen LogP contribution < -0.4 is 23.8 Å². The van der Waals surface area contributed by atoms with Crippen LogP contribution in [0.3, 0.4) is 0 Å². The molecule has 41 heavy (non-hydrogen) atoms. The first-order chi connectivity index (χ1) is 19.5. The highest BCUT2D eigenvalue weighted by Gasteiger charge is 2.28. The van der Waals surface area contributed by atoms with E-state index in [0.29, 0.717) is 5.75 Å². The van der Waals surface area contributed by atoms with Crippen molar-refractivity contribution in [2.75, 3.05) is 35.1 Å². The number of methoxy groups -OCH3 is 2. The van der Waals surface area contributed by atoms with E-state index in [0.717, 1.165) is 9.87 Å². The number of sulfonamides is 2. The standard InChI is InChI=1S/C28H28N4O7S2/c1-20-7-11-22(12-8-20)32(41(36,37)24-15-16-25(38-2)26(18-24)39-3)19-28(33)30-21-9-13-23(14-10-21)40(34,35)31-27-6-4-5-17-29-27/h4-18H,19H2,1-3H3,(H,29,31)(H,30,33). The Balaban J connectivity index is 1.56. The Morgan fingerprint density at radius 2 is 1.49 bits per heavy atom. The number of hydrogen-bond donors (Lipinski definition) is 2. The maximum atomic E-state index is 13.7. The minimum absolute atomic E-state index is 0.0431. The summed E-state index contributed by atoms with van der Waals surface area (Å²) in [7, 11) is -5.30. The van der Waals surface area contributed by atoms with E-state index in [1.54, 1.807) is 36.4 Å². The summed E-state index contributed by atoms with van der Waals surface area (Å²) in [5, 5.41) is 2.63. The summed E-state index contributed by atoms with van der Waals surface area (Å²) < 4.78 is 66.7. The number of nitrogens with zero attached hydrogens (tertiary/aromatic N) is 2. The molecule has 0 aliphatic rings. The largest absolute Gasteiger partial charge is 0.493 e. The monoisotopic (exact) mass is 596 g/mol. The average molecular weight is 597 g/mol. The molecule has 1 amide bonds. The van der Waals surface area contributed by atoms with Gasteiger partial charge in [-0.3, -0.25) is 13.8 Å². The number of aromatic nitrogens is 1. The lowest BCUT2D eigenvalue weighted by molar-refractivity contribution is -0.114. The molecule has 0 fully saturated rings. The number of hydrogen-bond acceptors (Lipinski definition) is 8. The average Bonchev–Trinajstić information content (AvgIpc) is 2.96. The van der Waals surface area contributed by atoms with Crippen molar-refractivity contribution in [1.29, 1.82) is 0 Å². The zero-order chi connectivity index (χ0) is 29.6. The van der Waals surface area contributed by atoms with Gasteiger partial charge in [-0.1, -0.05) is 23.8 Å². The fourth-order valence-corrected chi connectivity index (χ4v) is 6.24. The van der Waals surface area contributed by atoms with E-state index in [2.05, 4.69) is 15.0 Å². The molecule has 1 heterocycles. The van der Waals surface area contributed by atoms with Gasteiger partial charge in [-0.2, -0.15) is 0 Å². The number of rotatable bonds is 11. The van der Waals surface area contributed by atoms with Crippen molar-refractivity contribution < 1.29 is 31.1 Å². The highest BCUT2D eigenvalue weighted by Crippen LogP contribution is 2.32. The van der Waals surface area contributed by atoms with Gasteiger partial charge >= 0.3 is 0 Å². The van der Waals surface area contributed by atoms with Crippen LogP contribution in [0, 0.1) is 6.92 Å². The molecule has 4 aromatic rings. The summed E-state index contributed by atoms with van der Waals surface area (Å²) >= 11 is 0. The summed E-state index contributed by atoms with van der Waals surface area (Å²) in [5.74, 6) is 0.0924. The van der Waals surface area contributed by atoms with Crippen LogP contribution in [-0.4, -0.2) is 48.5 Å². The lowest BCUT2D eigenvalue weighted by atomic mass is 10.2. The molecule has 0 unspecified atom stereocenters. The fourth-order valence-electron chi connectivity index (χ4n) is 3.80. The smallest absolute Gasteiger partial charge is 0.264 e. The number of benzene rings is 3. The van der Waals surface area contributed by atoms with E-state index in [9.17, 15) is 21.6 Å². The van der Waals surface area contributed by atoms with Crippen LogP contribution in [0.25, 0.3) is 0 Å². The second-order valence-electron chi connectivity index (χ2n) is 8.76. The lowest BCUT2D eigenvalue weighted by Crippen LogP contribution is -2.38. The minimum Gasteiger partial charge on any atom is -0.493 e. The summed E-state index contributed by atoms with van der Waals surface area (Å²) in [6.07, 6.45) is 1.46. The van der Waals surface area contributed by atoms with Crippen LogP contribution >= 0.6 is 0 Å². The van der Waals surface area contributed by atoms with Gasteiger partial charge in [0.25, 0.3) is 20.0 Å². The molecular weight excluding hydrogens is 568 g/mol. The van der Waals surface area contributed by atoms with Gasteiger partial charge in [0.2, 0.25) is 5.91 Å². The topological polar surface area (TPSA) is 144 Å². The number of nitrogens with one attached hydrogen (secondary N) is 2. The molecule has 0 saturated heterocycles. The number of aryl methyl sites for hydroxylation is 1. The molecular formula is C28H28N4O7S2. The summed E-state index contributed by atoms with van der Waals surface area (Å²) in [6, 6.07) is 21.1. The molecule has 0 radical (unpaired) electrons. The quantitative estimate of drug-likeness (QED) is 0.264. The second kappa shape index (κ2) is 12.3. The number of anilines is 3. The van der Waals surface area contributed by atoms with Crippen LogP contribution in [0.5, 0.6) is 11.5 Å². The molecule has 11 nitrogen and oxygen atoms in total. The molecule has 0 bridgehead atoms. The van der Waals surface area contributed by atoms with Crippen molar-refractivity contribution in [1.82, 2.24) is 4.98 Å². The second-order valence-corrected chi connectivity index (χ2v) is 12.3. The molecule has 3 aromatic carbocycles. The number of ether oxygens (including phenoxy) is 2. The van der Waals surface area contributed by atoms with Gasteiger partial charge in [0.15, 0.2) is 11.5 Å². The maximum absolute atomic E-state index is 13.7. The Labute approximate surface area is 238 Å². The summed E-state index contributed by atoms with van der Waals surface area (Å²) in [4.78, 5) is 16.9. The van der Waals surface area contributed by atoms with E-state index < -0.39 is 32.5 Å². The van der Waals surface area contributed by atoms with Crippen LogP contribution in [0.2, 0.25) is 0 Å². The highest BCUT2D eigenvalue weighted by molar-refractivity contribution is 7.93. The van der Waals surface area contributed by atoms with Crippen molar-refractivity contribution in [3.05, 3.63) is 96.7 Å². The number of carbonyl (C=O) groups is 1. The van der Waals surface area contributed by atoms with Crippen LogP contribution in [0.15, 0.2) is 101 Å². The first-order valence-electron chi connectivity index (χ1n) is 12.2. The van der Waals surface area contributed by atoms with Crippen LogP contribution in [0.4, 0.5) is 17.2 Å². The summed E-state index contributed by atoms with van der Waals surface area (Å²) in [6.45, 7) is 1.31. The Morgan fingerprint density at radius 3 is 2.10 bits per heavy atom. The van der Waals surface area contributed by atoms with Crippen molar-refractivity contribution >= 4 is 43.1 Å². The Bertz CT molecular complexity index is 1730. The normalized spacial score (nSPS) is 11.4. The minimum atomic E-state index is -4.22. The zero-order valence-electron chi connectivity index (χ0n) is 22.4. The molecule has 2 N–H and O–H groups in total. The number of pyridine rings is 1. The predicted molar refractivity (Wildman–Crippen MR) is 155 cm³/mol. The van der Waals surface area contributed by atoms with Gasteiger partial charge in [-0.15, -0.1) is 0 Å². The van der Waals surface area contributed by atoms with Gasteiger partial charge in [0.05, 0.1) is 29.7 Å². The van der Waals surface area contributed by atoms with Crippen molar-refractivity contribution in [2.24, 2.45) is 0 Å². The molecule has 0 atom stereocenters. The van der Waals surface area contributed by atoms with E-state index in [1.807, 2.05) is 6.92 Å². The molecule has 4 rings (SSSR count). The van der Waals surface area contributed by atoms with Gasteiger partial charge in [-0.25, -0.2) is 21.8 Å². The van der Waals surface area contributed by atoms with E-state index in [4.69, 9.17) is 9.47 Å². The zero-order valence-corrected chi connectivity index (χ0v) is 24.1. The third kappa shape index (κ3) is 6.94.